The average Bonchev–Trinajstić information content (AvgIpc) is 2.87. The number of ether oxygens (including phenoxy) is 2. The molecule has 38 heavy (non-hydrogen) atoms. The number of aromatic hydroxyl groups is 1. The largest absolute Gasteiger partial charge is 0.508 e. The number of phenols is 1. The topological polar surface area (TPSA) is 157 Å². The molecule has 0 saturated heterocycles. The highest BCUT2D eigenvalue weighted by Gasteiger charge is 2.26. The molecule has 0 bridgehead atoms. The minimum Gasteiger partial charge on any atom is -0.508 e. The van der Waals surface area contributed by atoms with Crippen LogP contribution in [0.1, 0.15) is 75.5 Å². The van der Waals surface area contributed by atoms with E-state index in [1.165, 1.54) is 0 Å². The minimum absolute atomic E-state index is 0.00348. The van der Waals surface area contributed by atoms with Gasteiger partial charge in [0.05, 0.1) is 5.25 Å². The number of phenolic OH excluding ortho intramolecular Hbond substituents is 1. The van der Waals surface area contributed by atoms with Crippen LogP contribution < -0.4 is 16.2 Å². The molecule has 0 heterocycles. The summed E-state index contributed by atoms with van der Waals surface area (Å²) < 4.78 is 46.1. The van der Waals surface area contributed by atoms with E-state index in [0.29, 0.717) is 18.8 Å². The van der Waals surface area contributed by atoms with Crippen LogP contribution in [-0.4, -0.2) is 42.6 Å². The number of hydrogen-bond acceptors (Lipinski definition) is 6. The van der Waals surface area contributed by atoms with Crippen molar-refractivity contribution in [3.63, 3.8) is 0 Å². The highest BCUT2D eigenvalue weighted by atomic mass is 32.2. The summed E-state index contributed by atoms with van der Waals surface area (Å²) in [5.74, 6) is 0.602. The molecular formula is C28H41N3O6S. The molecule has 0 fully saturated rings. The summed E-state index contributed by atoms with van der Waals surface area (Å²) in [4.78, 5) is 3.78. The second-order valence-corrected chi connectivity index (χ2v) is 10.9. The van der Waals surface area contributed by atoms with E-state index in [4.69, 9.17) is 20.9 Å². The molecule has 3 atom stereocenters. The van der Waals surface area contributed by atoms with Crippen LogP contribution in [0.25, 0.3) is 0 Å². The first-order valence-electron chi connectivity index (χ1n) is 13.0. The molecule has 0 aliphatic heterocycles. The number of benzene rings is 2. The Kier molecular flexibility index (Phi) is 13.1. The van der Waals surface area contributed by atoms with Crippen LogP contribution in [0.3, 0.4) is 0 Å². The molecule has 0 radical (unpaired) electrons. The molecule has 0 aromatic heterocycles. The van der Waals surface area contributed by atoms with Crippen molar-refractivity contribution >= 4 is 16.1 Å². The molecule has 0 saturated carbocycles. The average molecular weight is 548 g/mol. The Bertz CT molecular complexity index is 1110. The fourth-order valence-electron chi connectivity index (χ4n) is 4.06. The van der Waals surface area contributed by atoms with E-state index in [-0.39, 0.29) is 43.3 Å². The number of nitrogens with zero attached hydrogens (tertiary/aromatic N) is 1. The van der Waals surface area contributed by atoms with Crippen molar-refractivity contribution in [3.8, 4) is 11.5 Å². The Balaban J connectivity index is 2.11. The van der Waals surface area contributed by atoms with Crippen LogP contribution in [0.2, 0.25) is 0 Å². The third-order valence-corrected chi connectivity index (χ3v) is 7.50. The van der Waals surface area contributed by atoms with E-state index >= 15 is 0 Å². The molecule has 0 spiro atoms. The zero-order valence-corrected chi connectivity index (χ0v) is 23.0. The predicted molar refractivity (Wildman–Crippen MR) is 151 cm³/mol. The van der Waals surface area contributed by atoms with Crippen LogP contribution >= 0.6 is 0 Å². The molecule has 210 valence electrons. The smallest absolute Gasteiger partial charge is 0.268 e. The lowest BCUT2D eigenvalue weighted by atomic mass is 9.91. The number of unbranched alkanes of at least 4 members (excludes halogenated alkanes) is 2. The summed E-state index contributed by atoms with van der Waals surface area (Å²) >= 11 is 0. The van der Waals surface area contributed by atoms with Gasteiger partial charge in [-0.25, -0.2) is 4.99 Å². The maximum absolute atomic E-state index is 12.3. The number of nitrogens with two attached hydrogens (primary N) is 2. The van der Waals surface area contributed by atoms with Crippen LogP contribution in [0, 0.1) is 0 Å². The zero-order chi connectivity index (χ0) is 28.0. The Hall–Kier alpha value is -3.08. The van der Waals surface area contributed by atoms with Crippen molar-refractivity contribution in [2.75, 3.05) is 13.3 Å². The molecule has 0 unspecified atom stereocenters. The number of rotatable bonds is 17. The molecule has 0 aliphatic carbocycles. The van der Waals surface area contributed by atoms with Crippen LogP contribution in [0.4, 0.5) is 0 Å². The number of aliphatic imine (C=N–C) groups is 1. The maximum atomic E-state index is 12.3. The predicted octanol–water partition coefficient (Wildman–Crippen LogP) is 5.04. The maximum Gasteiger partial charge on any atom is 0.268 e. The van der Waals surface area contributed by atoms with Gasteiger partial charge in [0.15, 0.2) is 12.7 Å². The van der Waals surface area contributed by atoms with Gasteiger partial charge < -0.3 is 26.0 Å². The molecule has 10 heteroatoms. The van der Waals surface area contributed by atoms with Gasteiger partial charge in [0.1, 0.15) is 17.6 Å². The SMILES string of the molecule is CCCCCO[C@H](C=CC[C@@H](C[C@H](CC)c1ccc(OCN=C(N)N)cc1)S(=O)(=O)O)c1ccc(O)cc1. The molecule has 2 rings (SSSR count). The second-order valence-electron chi connectivity index (χ2n) is 9.16. The van der Waals surface area contributed by atoms with Crippen molar-refractivity contribution in [3.05, 3.63) is 71.8 Å². The number of hydrogen-bond donors (Lipinski definition) is 4. The first kappa shape index (κ1) is 31.1. The monoisotopic (exact) mass is 547 g/mol. The van der Waals surface area contributed by atoms with Gasteiger partial charge in [-0.15, -0.1) is 0 Å². The highest BCUT2D eigenvalue weighted by molar-refractivity contribution is 7.86. The Morgan fingerprint density at radius 3 is 2.26 bits per heavy atom. The molecule has 9 nitrogen and oxygen atoms in total. The lowest BCUT2D eigenvalue weighted by molar-refractivity contribution is 0.0819. The van der Waals surface area contributed by atoms with Gasteiger partial charge >= 0.3 is 0 Å². The van der Waals surface area contributed by atoms with Crippen molar-refractivity contribution in [2.45, 2.75) is 69.6 Å². The van der Waals surface area contributed by atoms with E-state index in [1.54, 1.807) is 42.5 Å². The lowest BCUT2D eigenvalue weighted by Gasteiger charge is -2.21. The first-order chi connectivity index (χ1) is 18.1. The normalized spacial score (nSPS) is 14.2. The van der Waals surface area contributed by atoms with Crippen LogP contribution in [-0.2, 0) is 14.9 Å². The summed E-state index contributed by atoms with van der Waals surface area (Å²) in [5, 5.41) is 8.65. The fraction of sp³-hybridized carbons (Fsp3) is 0.464. The van der Waals surface area contributed by atoms with Crippen molar-refractivity contribution in [2.24, 2.45) is 16.5 Å². The molecule has 0 amide bonds. The molecule has 2 aromatic carbocycles. The zero-order valence-electron chi connectivity index (χ0n) is 22.2. The van der Waals surface area contributed by atoms with Crippen LogP contribution in [0.5, 0.6) is 11.5 Å². The van der Waals surface area contributed by atoms with Crippen molar-refractivity contribution in [1.82, 2.24) is 0 Å². The first-order valence-corrected chi connectivity index (χ1v) is 14.5. The Morgan fingerprint density at radius 2 is 1.68 bits per heavy atom. The van der Waals surface area contributed by atoms with Gasteiger partial charge in [-0.3, -0.25) is 4.55 Å². The number of guanidine groups is 1. The summed E-state index contributed by atoms with van der Waals surface area (Å²) in [6.45, 7) is 4.67. The summed E-state index contributed by atoms with van der Waals surface area (Å²) in [6.07, 6.45) is 7.33. The van der Waals surface area contributed by atoms with E-state index in [9.17, 15) is 18.1 Å². The third-order valence-electron chi connectivity index (χ3n) is 6.27. The third kappa shape index (κ3) is 11.1. The molecule has 0 aliphatic rings. The summed E-state index contributed by atoms with van der Waals surface area (Å²) in [7, 11) is -4.29. The second kappa shape index (κ2) is 16.0. The van der Waals surface area contributed by atoms with E-state index in [1.807, 2.05) is 25.1 Å². The number of allylic oxidation sites excluding steroid dienone is 1. The highest BCUT2D eigenvalue weighted by Crippen LogP contribution is 2.30. The molecular weight excluding hydrogens is 506 g/mol. The van der Waals surface area contributed by atoms with Gasteiger partial charge in [0.2, 0.25) is 0 Å². The standard InChI is InChI=1S/C28H41N3O6S/c1-3-5-6-18-36-27(23-10-14-24(32)15-11-23)9-7-8-26(38(33,34)35)19-21(4-2)22-12-16-25(17-13-22)37-20-31-28(29)30/h7,9-17,21,26-27,32H,3-6,8,18-20H2,1-2H3,(H4,29,30,31)(H,33,34,35)/t21-,26-,27+/m0/s1. The van der Waals surface area contributed by atoms with Gasteiger partial charge in [0.25, 0.3) is 10.1 Å². The van der Waals surface area contributed by atoms with Gasteiger partial charge in [-0.1, -0.05) is 63.1 Å². The van der Waals surface area contributed by atoms with Crippen LogP contribution in [0.15, 0.2) is 65.7 Å². The summed E-state index contributed by atoms with van der Waals surface area (Å²) in [5.41, 5.74) is 12.4. The molecule has 6 N–H and O–H groups in total. The summed E-state index contributed by atoms with van der Waals surface area (Å²) in [6, 6.07) is 14.1. The van der Waals surface area contributed by atoms with E-state index in [0.717, 1.165) is 30.4 Å². The Labute approximate surface area is 226 Å². The van der Waals surface area contributed by atoms with E-state index < -0.39 is 15.4 Å². The lowest BCUT2D eigenvalue weighted by Crippen LogP contribution is -2.23. The van der Waals surface area contributed by atoms with Crippen molar-refractivity contribution in [1.29, 1.82) is 0 Å². The van der Waals surface area contributed by atoms with Gasteiger partial charge in [-0.05, 0) is 67.0 Å². The van der Waals surface area contributed by atoms with Gasteiger partial charge in [-0.2, -0.15) is 8.42 Å². The Morgan fingerprint density at radius 1 is 1.03 bits per heavy atom. The minimum atomic E-state index is -4.29. The van der Waals surface area contributed by atoms with E-state index in [2.05, 4.69) is 11.9 Å². The quantitative estimate of drug-likeness (QED) is 0.0705. The molecule has 2 aromatic rings. The fourth-order valence-corrected chi connectivity index (χ4v) is 4.89. The van der Waals surface area contributed by atoms with Crippen molar-refractivity contribution < 1.29 is 27.6 Å². The van der Waals surface area contributed by atoms with Gasteiger partial charge in [0, 0.05) is 6.61 Å².